The SMILES string of the molecule is Cc1cnc(NCC(C)C)c(Br)c1. The van der Waals surface area contributed by atoms with Gasteiger partial charge in [0.2, 0.25) is 0 Å². The van der Waals surface area contributed by atoms with Crippen molar-refractivity contribution in [3.05, 3.63) is 22.3 Å². The molecule has 72 valence electrons. The summed E-state index contributed by atoms with van der Waals surface area (Å²) in [5.74, 6) is 1.56. The number of aromatic nitrogens is 1. The maximum absolute atomic E-state index is 4.29. The molecule has 0 radical (unpaired) electrons. The molecule has 1 rings (SSSR count). The van der Waals surface area contributed by atoms with Crippen molar-refractivity contribution in [1.29, 1.82) is 0 Å². The largest absolute Gasteiger partial charge is 0.369 e. The maximum Gasteiger partial charge on any atom is 0.140 e. The first kappa shape index (κ1) is 10.5. The van der Waals surface area contributed by atoms with Crippen LogP contribution in [-0.4, -0.2) is 11.5 Å². The smallest absolute Gasteiger partial charge is 0.140 e. The van der Waals surface area contributed by atoms with E-state index in [1.54, 1.807) is 0 Å². The first-order valence-corrected chi connectivity index (χ1v) is 5.25. The van der Waals surface area contributed by atoms with E-state index >= 15 is 0 Å². The van der Waals surface area contributed by atoms with Crippen LogP contribution < -0.4 is 5.32 Å². The molecule has 1 N–H and O–H groups in total. The van der Waals surface area contributed by atoms with Crippen molar-refractivity contribution in [2.24, 2.45) is 5.92 Å². The Labute approximate surface area is 87.9 Å². The van der Waals surface area contributed by atoms with E-state index in [4.69, 9.17) is 0 Å². The molecule has 0 aliphatic rings. The van der Waals surface area contributed by atoms with Gasteiger partial charge in [0.05, 0.1) is 4.47 Å². The van der Waals surface area contributed by atoms with E-state index < -0.39 is 0 Å². The number of nitrogens with zero attached hydrogens (tertiary/aromatic N) is 1. The number of halogens is 1. The van der Waals surface area contributed by atoms with Crippen LogP contribution in [0.3, 0.4) is 0 Å². The topological polar surface area (TPSA) is 24.9 Å². The molecule has 0 aliphatic heterocycles. The van der Waals surface area contributed by atoms with Gasteiger partial charge >= 0.3 is 0 Å². The number of hydrogen-bond donors (Lipinski definition) is 1. The third-order valence-electron chi connectivity index (χ3n) is 1.66. The maximum atomic E-state index is 4.29. The number of anilines is 1. The van der Waals surface area contributed by atoms with Crippen LogP contribution in [-0.2, 0) is 0 Å². The normalized spacial score (nSPS) is 10.5. The molecule has 1 aromatic rings. The molecule has 1 aromatic heterocycles. The van der Waals surface area contributed by atoms with E-state index in [0.717, 1.165) is 16.8 Å². The average molecular weight is 243 g/mol. The van der Waals surface area contributed by atoms with Crippen LogP contribution in [0.25, 0.3) is 0 Å². The second-order valence-corrected chi connectivity index (χ2v) is 4.47. The second kappa shape index (κ2) is 4.61. The fourth-order valence-electron chi connectivity index (χ4n) is 0.964. The fraction of sp³-hybridized carbons (Fsp3) is 0.500. The van der Waals surface area contributed by atoms with Crippen molar-refractivity contribution in [3.8, 4) is 0 Å². The molecule has 2 nitrogen and oxygen atoms in total. The molecule has 0 spiro atoms. The van der Waals surface area contributed by atoms with E-state index in [9.17, 15) is 0 Å². The molecule has 0 fully saturated rings. The third kappa shape index (κ3) is 3.35. The molecule has 0 aromatic carbocycles. The summed E-state index contributed by atoms with van der Waals surface area (Å²) in [4.78, 5) is 4.29. The van der Waals surface area contributed by atoms with E-state index in [1.165, 1.54) is 5.56 Å². The van der Waals surface area contributed by atoms with Crippen molar-refractivity contribution in [2.75, 3.05) is 11.9 Å². The number of hydrogen-bond acceptors (Lipinski definition) is 2. The number of nitrogens with one attached hydrogen (secondary N) is 1. The molecule has 0 saturated carbocycles. The van der Waals surface area contributed by atoms with Gasteiger partial charge in [-0.05, 0) is 40.4 Å². The van der Waals surface area contributed by atoms with Crippen LogP contribution in [0.15, 0.2) is 16.7 Å². The summed E-state index contributed by atoms with van der Waals surface area (Å²) >= 11 is 3.47. The highest BCUT2D eigenvalue weighted by molar-refractivity contribution is 9.10. The van der Waals surface area contributed by atoms with E-state index in [1.807, 2.05) is 13.1 Å². The van der Waals surface area contributed by atoms with Gasteiger partial charge in [-0.3, -0.25) is 0 Å². The molecule has 13 heavy (non-hydrogen) atoms. The van der Waals surface area contributed by atoms with Crippen molar-refractivity contribution in [3.63, 3.8) is 0 Å². The number of pyridine rings is 1. The van der Waals surface area contributed by atoms with Crippen LogP contribution in [0, 0.1) is 12.8 Å². The monoisotopic (exact) mass is 242 g/mol. The lowest BCUT2D eigenvalue weighted by Crippen LogP contribution is -2.09. The predicted molar refractivity (Wildman–Crippen MR) is 60.0 cm³/mol. The Hall–Kier alpha value is -0.570. The Kier molecular flexibility index (Phi) is 3.72. The zero-order valence-corrected chi connectivity index (χ0v) is 9.85. The van der Waals surface area contributed by atoms with Crippen LogP contribution in [0.2, 0.25) is 0 Å². The van der Waals surface area contributed by atoms with E-state index in [2.05, 4.69) is 46.1 Å². The van der Waals surface area contributed by atoms with E-state index in [0.29, 0.717) is 5.92 Å². The summed E-state index contributed by atoms with van der Waals surface area (Å²) < 4.78 is 1.04. The molecule has 1 heterocycles. The highest BCUT2D eigenvalue weighted by Gasteiger charge is 2.01. The van der Waals surface area contributed by atoms with Gasteiger partial charge in [-0.2, -0.15) is 0 Å². The average Bonchev–Trinajstić information content (AvgIpc) is 2.02. The lowest BCUT2D eigenvalue weighted by atomic mass is 10.2. The summed E-state index contributed by atoms with van der Waals surface area (Å²) in [6.45, 7) is 7.34. The lowest BCUT2D eigenvalue weighted by molar-refractivity contribution is 0.686. The standard InChI is InChI=1S/C10H15BrN2/c1-7(2)5-12-10-9(11)4-8(3)6-13-10/h4,6-7H,5H2,1-3H3,(H,12,13). The summed E-state index contributed by atoms with van der Waals surface area (Å²) in [5, 5.41) is 3.28. The van der Waals surface area contributed by atoms with Crippen molar-refractivity contribution >= 4 is 21.7 Å². The van der Waals surface area contributed by atoms with Gasteiger partial charge in [0.1, 0.15) is 5.82 Å². The van der Waals surface area contributed by atoms with Gasteiger partial charge in [-0.15, -0.1) is 0 Å². The summed E-state index contributed by atoms with van der Waals surface area (Å²) in [5.41, 5.74) is 1.17. The molecular weight excluding hydrogens is 228 g/mol. The van der Waals surface area contributed by atoms with Crippen molar-refractivity contribution in [1.82, 2.24) is 4.98 Å². The molecule has 0 amide bonds. The number of aryl methyl sites for hydroxylation is 1. The Morgan fingerprint density at radius 1 is 1.54 bits per heavy atom. The van der Waals surface area contributed by atoms with Crippen molar-refractivity contribution in [2.45, 2.75) is 20.8 Å². The van der Waals surface area contributed by atoms with Crippen LogP contribution in [0.1, 0.15) is 19.4 Å². The summed E-state index contributed by atoms with van der Waals surface area (Å²) in [6.07, 6.45) is 1.87. The molecule has 0 bridgehead atoms. The van der Waals surface area contributed by atoms with Gasteiger partial charge in [0.25, 0.3) is 0 Å². The quantitative estimate of drug-likeness (QED) is 0.881. The third-order valence-corrected chi connectivity index (χ3v) is 2.26. The minimum absolute atomic E-state index is 0.634. The van der Waals surface area contributed by atoms with Gasteiger partial charge in [0.15, 0.2) is 0 Å². The molecular formula is C10H15BrN2. The Balaban J connectivity index is 2.67. The summed E-state index contributed by atoms with van der Waals surface area (Å²) in [6, 6.07) is 2.07. The minimum atomic E-state index is 0.634. The van der Waals surface area contributed by atoms with Crippen LogP contribution >= 0.6 is 15.9 Å². The van der Waals surface area contributed by atoms with Gasteiger partial charge < -0.3 is 5.32 Å². The Morgan fingerprint density at radius 3 is 2.77 bits per heavy atom. The highest BCUT2D eigenvalue weighted by Crippen LogP contribution is 2.20. The van der Waals surface area contributed by atoms with Crippen LogP contribution in [0.5, 0.6) is 0 Å². The van der Waals surface area contributed by atoms with Crippen molar-refractivity contribution < 1.29 is 0 Å². The van der Waals surface area contributed by atoms with Gasteiger partial charge in [-0.25, -0.2) is 4.98 Å². The first-order valence-electron chi connectivity index (χ1n) is 4.45. The summed E-state index contributed by atoms with van der Waals surface area (Å²) in [7, 11) is 0. The first-order chi connectivity index (χ1) is 6.09. The minimum Gasteiger partial charge on any atom is -0.369 e. The zero-order valence-electron chi connectivity index (χ0n) is 8.26. The van der Waals surface area contributed by atoms with Crippen LogP contribution in [0.4, 0.5) is 5.82 Å². The lowest BCUT2D eigenvalue weighted by Gasteiger charge is -2.09. The molecule has 0 aliphatic carbocycles. The zero-order chi connectivity index (χ0) is 9.84. The second-order valence-electron chi connectivity index (χ2n) is 3.62. The fourth-order valence-corrected chi connectivity index (χ4v) is 1.57. The predicted octanol–water partition coefficient (Wildman–Crippen LogP) is 3.22. The molecule has 0 unspecified atom stereocenters. The molecule has 0 atom stereocenters. The van der Waals surface area contributed by atoms with E-state index in [-0.39, 0.29) is 0 Å². The molecule has 0 saturated heterocycles. The Morgan fingerprint density at radius 2 is 2.23 bits per heavy atom. The van der Waals surface area contributed by atoms with Gasteiger partial charge in [-0.1, -0.05) is 13.8 Å². The number of rotatable bonds is 3. The van der Waals surface area contributed by atoms with Gasteiger partial charge in [0, 0.05) is 12.7 Å². The molecule has 3 heteroatoms. The Bertz CT molecular complexity index is 284. The highest BCUT2D eigenvalue weighted by atomic mass is 79.9.